The van der Waals surface area contributed by atoms with Crippen molar-refractivity contribution in [2.45, 2.75) is 53.5 Å². The molecule has 0 saturated heterocycles. The van der Waals surface area contributed by atoms with Gasteiger partial charge < -0.3 is 14.4 Å². The molecule has 2 atom stereocenters. The summed E-state index contributed by atoms with van der Waals surface area (Å²) in [6, 6.07) is -0.414. The van der Waals surface area contributed by atoms with E-state index in [9.17, 15) is 14.4 Å². The summed E-state index contributed by atoms with van der Waals surface area (Å²) in [6.07, 6.45) is 2.17. The number of carbonyl (C=O) groups excluding carboxylic acids is 3. The molecule has 126 valence electrons. The number of esters is 1. The first kappa shape index (κ1) is 20.4. The van der Waals surface area contributed by atoms with E-state index in [2.05, 4.69) is 0 Å². The highest BCUT2D eigenvalue weighted by Gasteiger charge is 2.21. The fourth-order valence-electron chi connectivity index (χ4n) is 2.28. The lowest BCUT2D eigenvalue weighted by Crippen LogP contribution is -2.36. The normalized spacial score (nSPS) is 13.5. The molecule has 0 saturated carbocycles. The van der Waals surface area contributed by atoms with Crippen LogP contribution < -0.4 is 0 Å². The second-order valence-electron chi connectivity index (χ2n) is 6.63. The Kier molecular flexibility index (Phi) is 9.43. The number of aldehydes is 1. The first-order valence-electron chi connectivity index (χ1n) is 7.81. The molecule has 5 nitrogen and oxygen atoms in total. The number of hydrogen-bond donors (Lipinski definition) is 0. The Morgan fingerprint density at radius 1 is 1.14 bits per heavy atom. The van der Waals surface area contributed by atoms with Crippen molar-refractivity contribution < 1.29 is 19.1 Å². The van der Waals surface area contributed by atoms with E-state index < -0.39 is 6.04 Å². The zero-order valence-corrected chi connectivity index (χ0v) is 14.6. The average Bonchev–Trinajstić information content (AvgIpc) is 2.43. The maximum absolute atomic E-state index is 11.9. The first-order valence-corrected chi connectivity index (χ1v) is 7.81. The Morgan fingerprint density at radius 2 is 1.68 bits per heavy atom. The minimum Gasteiger partial charge on any atom is -0.458 e. The summed E-state index contributed by atoms with van der Waals surface area (Å²) < 4.78 is 5.18. The van der Waals surface area contributed by atoms with Crippen LogP contribution in [0.15, 0.2) is 5.70 Å². The van der Waals surface area contributed by atoms with Gasteiger partial charge in [0.1, 0.15) is 24.5 Å². The standard InChI is InChI=1S/C17H29NO4/c1-12(2)7-14(5)17(21)22-11-16(10-20)18(6)15(9-19)8-13(3)4/h9,12-15H,7-8,11H2,1-6H3. The van der Waals surface area contributed by atoms with Gasteiger partial charge in [0.05, 0.1) is 12.0 Å². The third-order valence-corrected chi connectivity index (χ3v) is 3.49. The predicted molar refractivity (Wildman–Crippen MR) is 85.9 cm³/mol. The predicted octanol–water partition coefficient (Wildman–Crippen LogP) is 2.47. The van der Waals surface area contributed by atoms with Crippen LogP contribution in [0.5, 0.6) is 0 Å². The maximum atomic E-state index is 11.9. The molecule has 0 aromatic carbocycles. The van der Waals surface area contributed by atoms with Crippen LogP contribution in [0.1, 0.15) is 47.5 Å². The van der Waals surface area contributed by atoms with E-state index in [-0.39, 0.29) is 24.2 Å². The van der Waals surface area contributed by atoms with Crippen LogP contribution in [-0.2, 0) is 19.1 Å². The molecule has 0 aliphatic carbocycles. The van der Waals surface area contributed by atoms with Crippen molar-refractivity contribution in [1.82, 2.24) is 4.90 Å². The molecule has 0 aliphatic heterocycles. The summed E-state index contributed by atoms with van der Waals surface area (Å²) in [7, 11) is 1.65. The molecule has 0 aromatic rings. The molecule has 0 radical (unpaired) electrons. The molecule has 0 bridgehead atoms. The van der Waals surface area contributed by atoms with Crippen LogP contribution >= 0.6 is 0 Å². The van der Waals surface area contributed by atoms with Crippen LogP contribution in [-0.4, -0.2) is 42.8 Å². The van der Waals surface area contributed by atoms with E-state index in [4.69, 9.17) is 4.74 Å². The third kappa shape index (κ3) is 7.41. The number of likely N-dealkylation sites (N-methyl/N-ethyl adjacent to an activating group) is 1. The van der Waals surface area contributed by atoms with Gasteiger partial charge in [0.2, 0.25) is 0 Å². The van der Waals surface area contributed by atoms with Crippen molar-refractivity contribution in [1.29, 1.82) is 0 Å². The highest BCUT2D eigenvalue weighted by Crippen LogP contribution is 2.15. The van der Waals surface area contributed by atoms with Crippen LogP contribution in [0.25, 0.3) is 0 Å². The van der Waals surface area contributed by atoms with Gasteiger partial charge in [-0.15, -0.1) is 0 Å². The van der Waals surface area contributed by atoms with Crippen molar-refractivity contribution in [2.24, 2.45) is 17.8 Å². The van der Waals surface area contributed by atoms with Gasteiger partial charge >= 0.3 is 5.97 Å². The van der Waals surface area contributed by atoms with Gasteiger partial charge in [-0.2, -0.15) is 0 Å². The zero-order chi connectivity index (χ0) is 17.3. The number of carbonyl (C=O) groups is 2. The van der Waals surface area contributed by atoms with Crippen LogP contribution in [0.2, 0.25) is 0 Å². The molecule has 0 heterocycles. The van der Waals surface area contributed by atoms with Crippen molar-refractivity contribution in [2.75, 3.05) is 13.7 Å². The molecule has 0 N–H and O–H groups in total. The number of ether oxygens (including phenoxy) is 1. The molecule has 22 heavy (non-hydrogen) atoms. The summed E-state index contributed by atoms with van der Waals surface area (Å²) in [5, 5.41) is 0. The molecular formula is C17H29NO4. The Hall–Kier alpha value is -1.61. The molecular weight excluding hydrogens is 282 g/mol. The Labute approximate surface area is 133 Å². The SMILES string of the molecule is CC(C)CC(C)C(=O)OCC(=C=O)N(C)C(C=O)CC(C)C. The van der Waals surface area contributed by atoms with E-state index in [1.54, 1.807) is 17.9 Å². The van der Waals surface area contributed by atoms with Crippen molar-refractivity contribution in [3.8, 4) is 0 Å². The number of hydrogen-bond acceptors (Lipinski definition) is 5. The van der Waals surface area contributed by atoms with Crippen LogP contribution in [0, 0.1) is 17.8 Å². The fourth-order valence-corrected chi connectivity index (χ4v) is 2.28. The lowest BCUT2D eigenvalue weighted by molar-refractivity contribution is -0.147. The average molecular weight is 311 g/mol. The zero-order valence-electron chi connectivity index (χ0n) is 14.6. The van der Waals surface area contributed by atoms with E-state index in [1.165, 1.54) is 0 Å². The van der Waals surface area contributed by atoms with Gasteiger partial charge in [0, 0.05) is 7.05 Å². The Bertz CT molecular complexity index is 411. The number of nitrogens with zero attached hydrogens (tertiary/aromatic N) is 1. The van der Waals surface area contributed by atoms with Crippen molar-refractivity contribution >= 4 is 18.2 Å². The molecule has 0 aromatic heterocycles. The van der Waals surface area contributed by atoms with Gasteiger partial charge in [-0.3, -0.25) is 4.79 Å². The molecule has 0 rings (SSSR count). The van der Waals surface area contributed by atoms with Crippen LogP contribution in [0.4, 0.5) is 0 Å². The topological polar surface area (TPSA) is 63.7 Å². The van der Waals surface area contributed by atoms with E-state index >= 15 is 0 Å². The van der Waals surface area contributed by atoms with E-state index in [0.717, 1.165) is 12.7 Å². The fraction of sp³-hybridized carbons (Fsp3) is 0.765. The van der Waals surface area contributed by atoms with Gasteiger partial charge in [-0.05, 0) is 24.7 Å². The van der Waals surface area contributed by atoms with Crippen molar-refractivity contribution in [3.05, 3.63) is 5.70 Å². The third-order valence-electron chi connectivity index (χ3n) is 3.49. The second kappa shape index (κ2) is 10.2. The minimum absolute atomic E-state index is 0.149. The second-order valence-corrected chi connectivity index (χ2v) is 6.63. The summed E-state index contributed by atoms with van der Waals surface area (Å²) >= 11 is 0. The van der Waals surface area contributed by atoms with Crippen molar-refractivity contribution in [3.63, 3.8) is 0 Å². The maximum Gasteiger partial charge on any atom is 0.309 e. The number of rotatable bonds is 10. The smallest absolute Gasteiger partial charge is 0.309 e. The lowest BCUT2D eigenvalue weighted by Gasteiger charge is -2.27. The molecule has 5 heteroatoms. The molecule has 2 unspecified atom stereocenters. The highest BCUT2D eigenvalue weighted by molar-refractivity contribution is 5.72. The summed E-state index contributed by atoms with van der Waals surface area (Å²) in [6.45, 7) is 9.74. The van der Waals surface area contributed by atoms with Gasteiger partial charge in [-0.1, -0.05) is 34.6 Å². The van der Waals surface area contributed by atoms with Crippen LogP contribution in [0.3, 0.4) is 0 Å². The highest BCUT2D eigenvalue weighted by atomic mass is 16.5. The minimum atomic E-state index is -0.414. The van der Waals surface area contributed by atoms with Gasteiger partial charge in [0.15, 0.2) is 0 Å². The summed E-state index contributed by atoms with van der Waals surface area (Å²) in [4.78, 5) is 35.7. The molecule has 0 amide bonds. The van der Waals surface area contributed by atoms with E-state index in [0.29, 0.717) is 18.3 Å². The monoisotopic (exact) mass is 311 g/mol. The molecule has 0 fully saturated rings. The largest absolute Gasteiger partial charge is 0.458 e. The molecule has 0 spiro atoms. The quantitative estimate of drug-likeness (QED) is 0.352. The molecule has 0 aliphatic rings. The van der Waals surface area contributed by atoms with Gasteiger partial charge in [0.25, 0.3) is 0 Å². The van der Waals surface area contributed by atoms with Gasteiger partial charge in [-0.25, -0.2) is 4.79 Å². The Morgan fingerprint density at radius 3 is 2.09 bits per heavy atom. The Balaban J connectivity index is 4.63. The lowest BCUT2D eigenvalue weighted by atomic mass is 9.99. The van der Waals surface area contributed by atoms with E-state index in [1.807, 2.05) is 34.6 Å². The first-order chi connectivity index (χ1) is 10.2. The summed E-state index contributed by atoms with van der Waals surface area (Å²) in [5.74, 6) is 1.96. The summed E-state index contributed by atoms with van der Waals surface area (Å²) in [5.41, 5.74) is 0.183.